The Morgan fingerprint density at radius 1 is 1.00 bits per heavy atom. The van der Waals surface area contributed by atoms with Crippen molar-refractivity contribution in [3.05, 3.63) is 35.4 Å². The first kappa shape index (κ1) is 23.5. The molecule has 0 radical (unpaired) electrons. The first-order chi connectivity index (χ1) is 15.6. The van der Waals surface area contributed by atoms with Crippen LogP contribution in [0.2, 0.25) is 0 Å². The quantitative estimate of drug-likeness (QED) is 0.537. The minimum absolute atomic E-state index is 0.310. The van der Waals surface area contributed by atoms with Crippen molar-refractivity contribution < 1.29 is 9.47 Å². The number of guanidine groups is 1. The van der Waals surface area contributed by atoms with Crippen LogP contribution in [0.25, 0.3) is 0 Å². The zero-order valence-corrected chi connectivity index (χ0v) is 20.1. The van der Waals surface area contributed by atoms with E-state index < -0.39 is 0 Å². The van der Waals surface area contributed by atoms with Gasteiger partial charge in [0.2, 0.25) is 0 Å². The minimum atomic E-state index is 0.310. The van der Waals surface area contributed by atoms with Crippen molar-refractivity contribution in [2.75, 3.05) is 59.0 Å². The summed E-state index contributed by atoms with van der Waals surface area (Å²) >= 11 is 0. The van der Waals surface area contributed by atoms with Crippen LogP contribution in [0.4, 0.5) is 0 Å². The molecule has 0 bridgehead atoms. The summed E-state index contributed by atoms with van der Waals surface area (Å²) < 4.78 is 11.4. The molecule has 7 heteroatoms. The lowest BCUT2D eigenvalue weighted by Crippen LogP contribution is -2.46. The number of benzene rings is 1. The van der Waals surface area contributed by atoms with Crippen LogP contribution in [0, 0.1) is 0 Å². The van der Waals surface area contributed by atoms with Crippen molar-refractivity contribution in [2.45, 2.75) is 58.5 Å². The molecule has 0 saturated carbocycles. The second-order valence-corrected chi connectivity index (χ2v) is 9.47. The molecule has 3 aliphatic heterocycles. The van der Waals surface area contributed by atoms with E-state index in [0.29, 0.717) is 24.8 Å². The summed E-state index contributed by atoms with van der Waals surface area (Å²) in [5.41, 5.74) is 2.62. The Kier molecular flexibility index (Phi) is 8.41. The van der Waals surface area contributed by atoms with Gasteiger partial charge in [-0.3, -0.25) is 9.80 Å². The molecular weight excluding hydrogens is 402 g/mol. The molecule has 1 N–H and O–H groups in total. The van der Waals surface area contributed by atoms with Gasteiger partial charge in [0.25, 0.3) is 0 Å². The van der Waals surface area contributed by atoms with Crippen LogP contribution in [-0.4, -0.2) is 97.9 Å². The van der Waals surface area contributed by atoms with Crippen LogP contribution < -0.4 is 5.32 Å². The van der Waals surface area contributed by atoms with Gasteiger partial charge >= 0.3 is 0 Å². The molecule has 3 atom stereocenters. The number of ether oxygens (including phenoxy) is 2. The highest BCUT2D eigenvalue weighted by Crippen LogP contribution is 2.18. The van der Waals surface area contributed by atoms with E-state index in [4.69, 9.17) is 14.5 Å². The second kappa shape index (κ2) is 11.5. The van der Waals surface area contributed by atoms with Crippen LogP contribution in [0.3, 0.4) is 0 Å². The summed E-state index contributed by atoms with van der Waals surface area (Å²) in [5.74, 6) is 1.05. The summed E-state index contributed by atoms with van der Waals surface area (Å²) in [7, 11) is 0. The van der Waals surface area contributed by atoms with Gasteiger partial charge in [-0.15, -0.1) is 0 Å². The predicted molar refractivity (Wildman–Crippen MR) is 129 cm³/mol. The largest absolute Gasteiger partial charge is 0.379 e. The van der Waals surface area contributed by atoms with Crippen molar-refractivity contribution in [3.63, 3.8) is 0 Å². The van der Waals surface area contributed by atoms with Crippen molar-refractivity contribution in [2.24, 2.45) is 4.99 Å². The molecule has 32 heavy (non-hydrogen) atoms. The van der Waals surface area contributed by atoms with Gasteiger partial charge in [-0.25, -0.2) is 4.99 Å². The predicted octanol–water partition coefficient (Wildman–Crippen LogP) is 2.17. The Balaban J connectivity index is 1.31. The number of morpholine rings is 2. The van der Waals surface area contributed by atoms with Crippen molar-refractivity contribution >= 4 is 5.96 Å². The number of nitrogens with zero attached hydrogens (tertiary/aromatic N) is 4. The van der Waals surface area contributed by atoms with Crippen LogP contribution in [-0.2, 0) is 22.6 Å². The van der Waals surface area contributed by atoms with Gasteiger partial charge in [-0.2, -0.15) is 0 Å². The maximum Gasteiger partial charge on any atom is 0.194 e. The SMILES string of the molecule is CCNC(=NCc1ccc(CN2CC(C)OC(C)C2)cc1)N1CCC(N2CCOCC2)C1. The molecule has 1 aromatic carbocycles. The minimum Gasteiger partial charge on any atom is -0.379 e. The third-order valence-electron chi connectivity index (χ3n) is 6.70. The highest BCUT2D eigenvalue weighted by atomic mass is 16.5. The molecule has 7 nitrogen and oxygen atoms in total. The van der Waals surface area contributed by atoms with Gasteiger partial charge in [0.05, 0.1) is 32.0 Å². The van der Waals surface area contributed by atoms with Crippen LogP contribution in [0.1, 0.15) is 38.3 Å². The first-order valence-electron chi connectivity index (χ1n) is 12.4. The molecule has 3 saturated heterocycles. The fraction of sp³-hybridized carbons (Fsp3) is 0.720. The Hall–Kier alpha value is -1.67. The summed E-state index contributed by atoms with van der Waals surface area (Å²) in [6.07, 6.45) is 1.83. The molecule has 0 spiro atoms. The molecule has 0 amide bonds. The normalized spacial score (nSPS) is 28.3. The molecule has 3 fully saturated rings. The zero-order chi connectivity index (χ0) is 22.3. The Morgan fingerprint density at radius 3 is 2.38 bits per heavy atom. The van der Waals surface area contributed by atoms with E-state index in [0.717, 1.165) is 71.5 Å². The summed E-state index contributed by atoms with van der Waals surface area (Å²) in [5, 5.41) is 3.51. The third-order valence-corrected chi connectivity index (χ3v) is 6.70. The zero-order valence-electron chi connectivity index (χ0n) is 20.1. The Bertz CT molecular complexity index is 724. The highest BCUT2D eigenvalue weighted by Gasteiger charge is 2.30. The lowest BCUT2D eigenvalue weighted by molar-refractivity contribution is -0.0704. The number of nitrogens with one attached hydrogen (secondary N) is 1. The average Bonchev–Trinajstić information content (AvgIpc) is 3.28. The van der Waals surface area contributed by atoms with E-state index in [1.54, 1.807) is 0 Å². The van der Waals surface area contributed by atoms with E-state index >= 15 is 0 Å². The smallest absolute Gasteiger partial charge is 0.194 e. The van der Waals surface area contributed by atoms with Crippen molar-refractivity contribution in [1.82, 2.24) is 20.0 Å². The van der Waals surface area contributed by atoms with Crippen LogP contribution >= 0.6 is 0 Å². The standard InChI is InChI=1S/C25H41N5O2/c1-4-26-25(30-10-9-24(19-30)29-11-13-31-14-12-29)27-15-22-5-7-23(8-6-22)18-28-16-20(2)32-21(3)17-28/h5-8,20-21,24H,4,9-19H2,1-3H3,(H,26,27). The summed E-state index contributed by atoms with van der Waals surface area (Å²) in [6.45, 7) is 17.0. The van der Waals surface area contributed by atoms with Gasteiger partial charge in [0.1, 0.15) is 0 Å². The Labute approximate surface area is 193 Å². The van der Waals surface area contributed by atoms with Gasteiger partial charge in [0.15, 0.2) is 5.96 Å². The van der Waals surface area contributed by atoms with Crippen LogP contribution in [0.15, 0.2) is 29.3 Å². The molecule has 178 valence electrons. The van der Waals surface area contributed by atoms with Gasteiger partial charge in [-0.1, -0.05) is 24.3 Å². The van der Waals surface area contributed by atoms with Gasteiger partial charge < -0.3 is 19.7 Å². The fourth-order valence-corrected chi connectivity index (χ4v) is 5.19. The van der Waals surface area contributed by atoms with E-state index in [1.165, 1.54) is 17.5 Å². The van der Waals surface area contributed by atoms with E-state index in [2.05, 4.69) is 65.1 Å². The van der Waals surface area contributed by atoms with E-state index in [9.17, 15) is 0 Å². The second-order valence-electron chi connectivity index (χ2n) is 9.47. The Morgan fingerprint density at radius 2 is 1.69 bits per heavy atom. The topological polar surface area (TPSA) is 52.6 Å². The van der Waals surface area contributed by atoms with E-state index in [-0.39, 0.29) is 0 Å². The lowest BCUT2D eigenvalue weighted by Gasteiger charge is -2.35. The molecule has 0 aliphatic carbocycles. The monoisotopic (exact) mass is 443 g/mol. The fourth-order valence-electron chi connectivity index (χ4n) is 5.19. The highest BCUT2D eigenvalue weighted by molar-refractivity contribution is 5.80. The molecule has 4 rings (SSSR count). The number of likely N-dealkylation sites (tertiary alicyclic amines) is 1. The third kappa shape index (κ3) is 6.44. The van der Waals surface area contributed by atoms with Gasteiger partial charge in [-0.05, 0) is 38.3 Å². The number of hydrogen-bond acceptors (Lipinski definition) is 5. The summed E-state index contributed by atoms with van der Waals surface area (Å²) in [4.78, 5) is 12.5. The molecular formula is C25H41N5O2. The molecule has 0 aromatic heterocycles. The number of hydrogen-bond donors (Lipinski definition) is 1. The first-order valence-corrected chi connectivity index (χ1v) is 12.4. The van der Waals surface area contributed by atoms with E-state index in [1.807, 2.05) is 0 Å². The average molecular weight is 444 g/mol. The maximum atomic E-state index is 5.86. The van der Waals surface area contributed by atoms with Crippen LogP contribution in [0.5, 0.6) is 0 Å². The number of rotatable bonds is 6. The summed E-state index contributed by atoms with van der Waals surface area (Å²) in [6, 6.07) is 9.60. The molecule has 3 heterocycles. The lowest BCUT2D eigenvalue weighted by atomic mass is 10.1. The molecule has 3 unspecified atom stereocenters. The molecule has 1 aromatic rings. The van der Waals surface area contributed by atoms with Gasteiger partial charge in [0, 0.05) is 58.4 Å². The maximum absolute atomic E-state index is 5.86. The van der Waals surface area contributed by atoms with Crippen molar-refractivity contribution in [1.29, 1.82) is 0 Å². The number of aliphatic imine (C=N–C) groups is 1. The molecule has 3 aliphatic rings. The van der Waals surface area contributed by atoms with Crippen molar-refractivity contribution in [3.8, 4) is 0 Å².